The summed E-state index contributed by atoms with van der Waals surface area (Å²) in [6.07, 6.45) is 2.87. The minimum absolute atomic E-state index is 0.497. The molecule has 15 heavy (non-hydrogen) atoms. The molecule has 3 nitrogen and oxygen atoms in total. The number of pyridine rings is 1. The molecular formula is C12H20N2O. The standard InChI is InChI=1S/C12H20N2O/c1-5-11(9(2)3)14-10-6-7-13-12(8-10)15-4/h6-9,11H,5H2,1-4H3,(H,13,14). The SMILES string of the molecule is CCC(Nc1ccnc(OC)c1)C(C)C. The van der Waals surface area contributed by atoms with Crippen LogP contribution in [0.15, 0.2) is 18.3 Å². The van der Waals surface area contributed by atoms with E-state index in [0.717, 1.165) is 12.1 Å². The van der Waals surface area contributed by atoms with E-state index >= 15 is 0 Å². The molecule has 1 aromatic heterocycles. The van der Waals surface area contributed by atoms with Crippen LogP contribution < -0.4 is 10.1 Å². The van der Waals surface area contributed by atoms with Gasteiger partial charge >= 0.3 is 0 Å². The number of aromatic nitrogens is 1. The molecule has 3 heteroatoms. The molecule has 1 atom stereocenters. The average Bonchev–Trinajstić information content (AvgIpc) is 2.25. The van der Waals surface area contributed by atoms with Crippen LogP contribution >= 0.6 is 0 Å². The number of nitrogens with zero attached hydrogens (tertiary/aromatic N) is 1. The van der Waals surface area contributed by atoms with Gasteiger partial charge in [-0.1, -0.05) is 20.8 Å². The molecule has 0 fully saturated rings. The molecule has 0 bridgehead atoms. The molecule has 0 spiro atoms. The summed E-state index contributed by atoms with van der Waals surface area (Å²) in [5.74, 6) is 1.27. The second kappa shape index (κ2) is 5.59. The van der Waals surface area contributed by atoms with Gasteiger partial charge in [-0.25, -0.2) is 4.98 Å². The van der Waals surface area contributed by atoms with E-state index in [-0.39, 0.29) is 0 Å². The van der Waals surface area contributed by atoms with E-state index < -0.39 is 0 Å². The second-order valence-electron chi connectivity index (χ2n) is 3.99. The Morgan fingerprint density at radius 3 is 2.73 bits per heavy atom. The first-order valence-corrected chi connectivity index (χ1v) is 5.44. The summed E-state index contributed by atoms with van der Waals surface area (Å²) >= 11 is 0. The maximum absolute atomic E-state index is 5.08. The van der Waals surface area contributed by atoms with Crippen molar-refractivity contribution in [1.82, 2.24) is 4.98 Å². The normalized spacial score (nSPS) is 12.6. The van der Waals surface area contributed by atoms with Crippen LogP contribution in [0.4, 0.5) is 5.69 Å². The fraction of sp³-hybridized carbons (Fsp3) is 0.583. The summed E-state index contributed by atoms with van der Waals surface area (Å²) in [4.78, 5) is 4.07. The van der Waals surface area contributed by atoms with Crippen LogP contribution in [-0.4, -0.2) is 18.1 Å². The predicted octanol–water partition coefficient (Wildman–Crippen LogP) is 2.94. The molecule has 1 unspecified atom stereocenters. The molecule has 0 saturated carbocycles. The summed E-state index contributed by atoms with van der Waals surface area (Å²) in [7, 11) is 1.63. The Kier molecular flexibility index (Phi) is 4.40. The average molecular weight is 208 g/mol. The van der Waals surface area contributed by atoms with Crippen molar-refractivity contribution in [3.63, 3.8) is 0 Å². The molecule has 0 aliphatic heterocycles. The van der Waals surface area contributed by atoms with Crippen molar-refractivity contribution < 1.29 is 4.74 Å². The van der Waals surface area contributed by atoms with Gasteiger partial charge in [-0.05, 0) is 18.4 Å². The van der Waals surface area contributed by atoms with Crippen molar-refractivity contribution in [3.05, 3.63) is 18.3 Å². The monoisotopic (exact) mass is 208 g/mol. The van der Waals surface area contributed by atoms with Crippen molar-refractivity contribution in [2.45, 2.75) is 33.2 Å². The smallest absolute Gasteiger partial charge is 0.214 e. The molecule has 0 aromatic carbocycles. The van der Waals surface area contributed by atoms with E-state index in [2.05, 4.69) is 31.1 Å². The van der Waals surface area contributed by atoms with E-state index in [1.165, 1.54) is 0 Å². The third kappa shape index (κ3) is 3.42. The van der Waals surface area contributed by atoms with Crippen LogP contribution in [0.3, 0.4) is 0 Å². The zero-order chi connectivity index (χ0) is 11.3. The van der Waals surface area contributed by atoms with Crippen molar-refractivity contribution in [2.75, 3.05) is 12.4 Å². The lowest BCUT2D eigenvalue weighted by molar-refractivity contribution is 0.398. The number of ether oxygens (including phenoxy) is 1. The van der Waals surface area contributed by atoms with Crippen molar-refractivity contribution in [3.8, 4) is 5.88 Å². The van der Waals surface area contributed by atoms with Gasteiger partial charge in [-0.2, -0.15) is 0 Å². The van der Waals surface area contributed by atoms with E-state index in [1.54, 1.807) is 13.3 Å². The first kappa shape index (κ1) is 11.8. The number of hydrogen-bond donors (Lipinski definition) is 1. The summed E-state index contributed by atoms with van der Waals surface area (Å²) in [5.41, 5.74) is 1.07. The van der Waals surface area contributed by atoms with Crippen LogP contribution in [0.25, 0.3) is 0 Å². The summed E-state index contributed by atoms with van der Waals surface area (Å²) in [5, 5.41) is 3.48. The molecule has 0 aliphatic carbocycles. The van der Waals surface area contributed by atoms with Gasteiger partial charge in [-0.15, -0.1) is 0 Å². The second-order valence-corrected chi connectivity index (χ2v) is 3.99. The van der Waals surface area contributed by atoms with Gasteiger partial charge in [0.2, 0.25) is 5.88 Å². The maximum Gasteiger partial charge on any atom is 0.214 e. The largest absolute Gasteiger partial charge is 0.481 e. The fourth-order valence-electron chi connectivity index (χ4n) is 1.57. The maximum atomic E-state index is 5.08. The lowest BCUT2D eigenvalue weighted by atomic mass is 10.0. The van der Waals surface area contributed by atoms with Gasteiger partial charge in [0, 0.05) is 24.0 Å². The Bertz CT molecular complexity index is 299. The van der Waals surface area contributed by atoms with Crippen molar-refractivity contribution >= 4 is 5.69 Å². The quantitative estimate of drug-likeness (QED) is 0.807. The number of methoxy groups -OCH3 is 1. The predicted molar refractivity (Wildman–Crippen MR) is 63.3 cm³/mol. The van der Waals surface area contributed by atoms with Crippen LogP contribution in [0.5, 0.6) is 5.88 Å². The van der Waals surface area contributed by atoms with E-state index in [0.29, 0.717) is 17.8 Å². The highest BCUT2D eigenvalue weighted by molar-refractivity contribution is 5.45. The molecule has 1 heterocycles. The molecule has 0 saturated heterocycles. The highest BCUT2D eigenvalue weighted by Gasteiger charge is 2.10. The molecule has 0 amide bonds. The number of nitrogens with one attached hydrogen (secondary N) is 1. The lowest BCUT2D eigenvalue weighted by Crippen LogP contribution is -2.24. The minimum Gasteiger partial charge on any atom is -0.481 e. The van der Waals surface area contributed by atoms with Gasteiger partial charge in [0.1, 0.15) is 0 Å². The van der Waals surface area contributed by atoms with Crippen LogP contribution in [-0.2, 0) is 0 Å². The third-order valence-electron chi connectivity index (χ3n) is 2.54. The Labute approximate surface area is 91.9 Å². The summed E-state index contributed by atoms with van der Waals surface area (Å²) in [6.45, 7) is 6.63. The lowest BCUT2D eigenvalue weighted by Gasteiger charge is -2.21. The topological polar surface area (TPSA) is 34.2 Å². The highest BCUT2D eigenvalue weighted by Crippen LogP contribution is 2.17. The van der Waals surface area contributed by atoms with E-state index in [4.69, 9.17) is 4.74 Å². The Hall–Kier alpha value is -1.25. The first-order valence-electron chi connectivity index (χ1n) is 5.44. The van der Waals surface area contributed by atoms with Crippen LogP contribution in [0.1, 0.15) is 27.2 Å². The molecule has 0 radical (unpaired) electrons. The van der Waals surface area contributed by atoms with E-state index in [1.807, 2.05) is 12.1 Å². The minimum atomic E-state index is 0.497. The molecule has 1 aromatic rings. The van der Waals surface area contributed by atoms with Gasteiger partial charge in [-0.3, -0.25) is 0 Å². The molecule has 0 aliphatic rings. The number of anilines is 1. The van der Waals surface area contributed by atoms with Gasteiger partial charge < -0.3 is 10.1 Å². The zero-order valence-electron chi connectivity index (χ0n) is 9.95. The molecule has 84 valence electrons. The highest BCUT2D eigenvalue weighted by atomic mass is 16.5. The van der Waals surface area contributed by atoms with Crippen molar-refractivity contribution in [1.29, 1.82) is 0 Å². The third-order valence-corrected chi connectivity index (χ3v) is 2.54. The van der Waals surface area contributed by atoms with Gasteiger partial charge in [0.25, 0.3) is 0 Å². The summed E-state index contributed by atoms with van der Waals surface area (Å²) in [6, 6.07) is 4.38. The number of hydrogen-bond acceptors (Lipinski definition) is 3. The summed E-state index contributed by atoms with van der Waals surface area (Å²) < 4.78 is 5.08. The van der Waals surface area contributed by atoms with Crippen LogP contribution in [0, 0.1) is 5.92 Å². The first-order chi connectivity index (χ1) is 7.17. The Morgan fingerprint density at radius 1 is 1.47 bits per heavy atom. The number of rotatable bonds is 5. The molecule has 1 N–H and O–H groups in total. The van der Waals surface area contributed by atoms with E-state index in [9.17, 15) is 0 Å². The Morgan fingerprint density at radius 2 is 2.20 bits per heavy atom. The van der Waals surface area contributed by atoms with Gasteiger partial charge in [0.15, 0.2) is 0 Å². The van der Waals surface area contributed by atoms with Crippen molar-refractivity contribution in [2.24, 2.45) is 5.92 Å². The molecular weight excluding hydrogens is 188 g/mol. The zero-order valence-corrected chi connectivity index (χ0v) is 9.95. The molecule has 1 rings (SSSR count). The Balaban J connectivity index is 2.70. The fourth-order valence-corrected chi connectivity index (χ4v) is 1.57. The van der Waals surface area contributed by atoms with Crippen LogP contribution in [0.2, 0.25) is 0 Å². The van der Waals surface area contributed by atoms with Gasteiger partial charge in [0.05, 0.1) is 7.11 Å².